The molecule has 0 spiro atoms. The molecule has 1 aliphatic carbocycles. The number of nitrogens with one attached hydrogen (secondary N) is 1. The van der Waals surface area contributed by atoms with Gasteiger partial charge in [0.1, 0.15) is 0 Å². The van der Waals surface area contributed by atoms with Gasteiger partial charge in [0.25, 0.3) is 5.91 Å². The fraction of sp³-hybridized carbons (Fsp3) is 0.533. The second kappa shape index (κ2) is 5.75. The van der Waals surface area contributed by atoms with Crippen molar-refractivity contribution in [3.63, 3.8) is 0 Å². The minimum atomic E-state index is 0.0117. The molecular weight excluding hydrogens is 246 g/mol. The van der Waals surface area contributed by atoms with Gasteiger partial charge in [0.15, 0.2) is 0 Å². The lowest BCUT2D eigenvalue weighted by molar-refractivity contribution is 0.0891. The van der Waals surface area contributed by atoms with E-state index in [2.05, 4.69) is 19.2 Å². The largest absolute Gasteiger partial charge is 0.349 e. The predicted molar refractivity (Wildman–Crippen MR) is 74.9 cm³/mol. The van der Waals surface area contributed by atoms with Crippen molar-refractivity contribution >= 4 is 17.5 Å². The highest BCUT2D eigenvalue weighted by atomic mass is 35.5. The number of halogens is 1. The first kappa shape index (κ1) is 13.4. The Bertz CT molecular complexity index is 415. The molecule has 98 valence electrons. The molecule has 1 saturated carbocycles. The Kier molecular flexibility index (Phi) is 4.28. The Labute approximate surface area is 114 Å². The van der Waals surface area contributed by atoms with Crippen molar-refractivity contribution in [2.45, 2.75) is 39.2 Å². The molecule has 1 aliphatic rings. The first-order valence-electron chi connectivity index (χ1n) is 6.64. The number of rotatable bonds is 2. The smallest absolute Gasteiger partial charge is 0.251 e. The van der Waals surface area contributed by atoms with Crippen LogP contribution in [-0.2, 0) is 0 Å². The van der Waals surface area contributed by atoms with Crippen LogP contribution in [0.4, 0.5) is 0 Å². The van der Waals surface area contributed by atoms with Gasteiger partial charge in [0.2, 0.25) is 0 Å². The molecule has 3 heteroatoms. The third kappa shape index (κ3) is 3.05. The normalized spacial score (nSPS) is 27.8. The molecule has 0 aliphatic heterocycles. The lowest BCUT2D eigenvalue weighted by atomic mass is 9.78. The highest BCUT2D eigenvalue weighted by molar-refractivity contribution is 6.30. The molecule has 2 nitrogen and oxygen atoms in total. The van der Waals surface area contributed by atoms with Crippen LogP contribution in [0.25, 0.3) is 0 Å². The van der Waals surface area contributed by atoms with Crippen LogP contribution in [0.1, 0.15) is 43.5 Å². The maximum absolute atomic E-state index is 12.1. The van der Waals surface area contributed by atoms with E-state index in [1.165, 1.54) is 12.8 Å². The van der Waals surface area contributed by atoms with Crippen molar-refractivity contribution < 1.29 is 4.79 Å². The summed E-state index contributed by atoms with van der Waals surface area (Å²) < 4.78 is 0. The number of amides is 1. The molecule has 2 rings (SSSR count). The van der Waals surface area contributed by atoms with Crippen LogP contribution in [0, 0.1) is 11.8 Å². The summed E-state index contributed by atoms with van der Waals surface area (Å²) in [6.07, 6.45) is 3.57. The summed E-state index contributed by atoms with van der Waals surface area (Å²) in [6, 6.07) is 7.35. The Hall–Kier alpha value is -1.02. The third-order valence-corrected chi connectivity index (χ3v) is 4.38. The topological polar surface area (TPSA) is 29.1 Å². The van der Waals surface area contributed by atoms with Gasteiger partial charge in [-0.25, -0.2) is 0 Å². The van der Waals surface area contributed by atoms with Crippen LogP contribution >= 0.6 is 11.6 Å². The zero-order valence-electron chi connectivity index (χ0n) is 10.9. The number of benzene rings is 1. The molecule has 0 bridgehead atoms. The molecular formula is C15H20ClNO. The Morgan fingerprint density at radius 3 is 2.56 bits per heavy atom. The van der Waals surface area contributed by atoms with E-state index in [4.69, 9.17) is 11.6 Å². The fourth-order valence-electron chi connectivity index (χ4n) is 2.64. The van der Waals surface area contributed by atoms with Crippen LogP contribution in [0.15, 0.2) is 24.3 Å². The maximum Gasteiger partial charge on any atom is 0.251 e. The Morgan fingerprint density at radius 1 is 1.22 bits per heavy atom. The average molecular weight is 266 g/mol. The van der Waals surface area contributed by atoms with Gasteiger partial charge in [-0.2, -0.15) is 0 Å². The van der Waals surface area contributed by atoms with Crippen molar-refractivity contribution in [3.05, 3.63) is 34.9 Å². The summed E-state index contributed by atoms with van der Waals surface area (Å²) in [6.45, 7) is 4.50. The van der Waals surface area contributed by atoms with Crippen LogP contribution in [0.3, 0.4) is 0 Å². The van der Waals surface area contributed by atoms with Gasteiger partial charge >= 0.3 is 0 Å². The zero-order chi connectivity index (χ0) is 13.1. The number of hydrogen-bond donors (Lipinski definition) is 1. The van der Waals surface area contributed by atoms with E-state index in [1.807, 2.05) is 0 Å². The maximum atomic E-state index is 12.1. The van der Waals surface area contributed by atoms with Crippen LogP contribution in [0.2, 0.25) is 5.02 Å². The molecule has 1 fully saturated rings. The second-order valence-corrected chi connectivity index (χ2v) is 5.79. The first-order chi connectivity index (χ1) is 8.58. The van der Waals surface area contributed by atoms with Gasteiger partial charge in [0.05, 0.1) is 0 Å². The van der Waals surface area contributed by atoms with Gasteiger partial charge in [-0.3, -0.25) is 4.79 Å². The number of carbonyl (C=O) groups excluding carboxylic acids is 1. The molecule has 18 heavy (non-hydrogen) atoms. The molecule has 3 atom stereocenters. The highest BCUT2D eigenvalue weighted by Crippen LogP contribution is 2.29. The molecule has 1 aromatic carbocycles. The van der Waals surface area contributed by atoms with E-state index in [9.17, 15) is 4.79 Å². The third-order valence-electron chi connectivity index (χ3n) is 4.13. The van der Waals surface area contributed by atoms with Crippen molar-refractivity contribution in [2.75, 3.05) is 0 Å². The summed E-state index contributed by atoms with van der Waals surface area (Å²) >= 11 is 5.82. The van der Waals surface area contributed by atoms with E-state index in [1.54, 1.807) is 24.3 Å². The molecule has 0 heterocycles. The standard InChI is InChI=1S/C15H20ClNO/c1-10-4-3-5-14(11(10)2)17-15(18)12-6-8-13(16)9-7-12/h6-11,14H,3-5H2,1-2H3,(H,17,18)/t10-,11-,14+/m1/s1. The minimum Gasteiger partial charge on any atom is -0.349 e. The summed E-state index contributed by atoms with van der Waals surface area (Å²) in [5.41, 5.74) is 0.685. The summed E-state index contributed by atoms with van der Waals surface area (Å²) in [5, 5.41) is 3.81. The zero-order valence-corrected chi connectivity index (χ0v) is 11.7. The Balaban J connectivity index is 2.00. The first-order valence-corrected chi connectivity index (χ1v) is 7.02. The molecule has 0 saturated heterocycles. The SMILES string of the molecule is C[C@@H]1[C@H](C)CCC[C@@H]1NC(=O)c1ccc(Cl)cc1. The molecule has 0 radical (unpaired) electrons. The van der Waals surface area contributed by atoms with E-state index < -0.39 is 0 Å². The fourth-order valence-corrected chi connectivity index (χ4v) is 2.76. The summed E-state index contributed by atoms with van der Waals surface area (Å²) in [7, 11) is 0. The lowest BCUT2D eigenvalue weighted by Gasteiger charge is -2.34. The molecule has 0 unspecified atom stereocenters. The van der Waals surface area contributed by atoms with Gasteiger partial charge in [-0.15, -0.1) is 0 Å². The van der Waals surface area contributed by atoms with E-state index in [0.29, 0.717) is 28.5 Å². The van der Waals surface area contributed by atoms with Crippen molar-refractivity contribution in [1.82, 2.24) is 5.32 Å². The van der Waals surface area contributed by atoms with Gasteiger partial charge in [0, 0.05) is 16.6 Å². The second-order valence-electron chi connectivity index (χ2n) is 5.35. The van der Waals surface area contributed by atoms with E-state index in [-0.39, 0.29) is 5.91 Å². The van der Waals surface area contributed by atoms with Gasteiger partial charge in [-0.1, -0.05) is 38.3 Å². The van der Waals surface area contributed by atoms with E-state index >= 15 is 0 Å². The van der Waals surface area contributed by atoms with Crippen LogP contribution in [-0.4, -0.2) is 11.9 Å². The molecule has 1 N–H and O–H groups in total. The molecule has 1 amide bonds. The lowest BCUT2D eigenvalue weighted by Crippen LogP contribution is -2.43. The Morgan fingerprint density at radius 2 is 1.89 bits per heavy atom. The van der Waals surface area contributed by atoms with Crippen LogP contribution < -0.4 is 5.32 Å². The van der Waals surface area contributed by atoms with Crippen molar-refractivity contribution in [2.24, 2.45) is 11.8 Å². The molecule has 1 aromatic rings. The highest BCUT2D eigenvalue weighted by Gasteiger charge is 2.28. The average Bonchev–Trinajstić information content (AvgIpc) is 2.36. The van der Waals surface area contributed by atoms with Gasteiger partial charge in [-0.05, 0) is 42.5 Å². The van der Waals surface area contributed by atoms with Crippen molar-refractivity contribution in [3.8, 4) is 0 Å². The number of hydrogen-bond acceptors (Lipinski definition) is 1. The predicted octanol–water partition coefficient (Wildman–Crippen LogP) is 3.89. The van der Waals surface area contributed by atoms with E-state index in [0.717, 1.165) is 6.42 Å². The van der Waals surface area contributed by atoms with Gasteiger partial charge < -0.3 is 5.32 Å². The summed E-state index contributed by atoms with van der Waals surface area (Å²) in [4.78, 5) is 12.1. The quantitative estimate of drug-likeness (QED) is 0.863. The minimum absolute atomic E-state index is 0.0117. The van der Waals surface area contributed by atoms with Crippen molar-refractivity contribution in [1.29, 1.82) is 0 Å². The summed E-state index contributed by atoms with van der Waals surface area (Å²) in [5.74, 6) is 1.25. The van der Waals surface area contributed by atoms with Crippen LogP contribution in [0.5, 0.6) is 0 Å². The number of carbonyl (C=O) groups is 1. The molecule has 0 aromatic heterocycles. The monoisotopic (exact) mass is 265 g/mol.